The molecule has 0 saturated carbocycles. The van der Waals surface area contributed by atoms with Crippen molar-refractivity contribution >= 4 is 34.2 Å². The van der Waals surface area contributed by atoms with Crippen LogP contribution >= 0.6 is 23.2 Å². The molecule has 4 aromatic rings. The highest BCUT2D eigenvalue weighted by Gasteiger charge is 2.18. The summed E-state index contributed by atoms with van der Waals surface area (Å²) in [5.41, 5.74) is 5.19. The van der Waals surface area contributed by atoms with Crippen LogP contribution in [0.5, 0.6) is 0 Å². The van der Waals surface area contributed by atoms with Crippen LogP contribution in [0.1, 0.15) is 16.7 Å². The third-order valence-corrected chi connectivity index (χ3v) is 5.51. The molecule has 4 rings (SSSR count). The van der Waals surface area contributed by atoms with E-state index in [1.165, 1.54) is 0 Å². The molecule has 0 spiro atoms. The number of nitrogens with one attached hydrogen (secondary N) is 1. The predicted molar refractivity (Wildman–Crippen MR) is 111 cm³/mol. The molecular formula is C21H17Cl2N3O. The molecule has 0 atom stereocenters. The second-order valence-corrected chi connectivity index (χ2v) is 7.37. The number of H-pyrrole nitrogens is 1. The summed E-state index contributed by atoms with van der Waals surface area (Å²) in [5.74, 6) is 0.591. The maximum Gasteiger partial charge on any atom is 0.258 e. The zero-order chi connectivity index (χ0) is 19.1. The fraction of sp³-hybridized carbons (Fsp3) is 0.143. The summed E-state index contributed by atoms with van der Waals surface area (Å²) in [6.07, 6.45) is 1.61. The second-order valence-electron chi connectivity index (χ2n) is 6.56. The maximum atomic E-state index is 12.4. The van der Waals surface area contributed by atoms with E-state index in [1.807, 2.05) is 35.8 Å². The SMILES string of the molecule is Cc1cc2nc(-c3ccc[nH]c3=O)n(Cc3c(Cl)cccc3Cl)c2cc1C. The number of hydrogen-bond donors (Lipinski definition) is 1. The van der Waals surface area contributed by atoms with Crippen molar-refractivity contribution in [2.24, 2.45) is 0 Å². The Bertz CT molecular complexity index is 1200. The van der Waals surface area contributed by atoms with Crippen LogP contribution < -0.4 is 5.56 Å². The lowest BCUT2D eigenvalue weighted by molar-refractivity contribution is 0.832. The quantitative estimate of drug-likeness (QED) is 0.505. The van der Waals surface area contributed by atoms with E-state index >= 15 is 0 Å². The number of hydrogen-bond acceptors (Lipinski definition) is 2. The summed E-state index contributed by atoms with van der Waals surface area (Å²) in [6, 6.07) is 13.1. The van der Waals surface area contributed by atoms with E-state index in [2.05, 4.69) is 18.0 Å². The summed E-state index contributed by atoms with van der Waals surface area (Å²) in [7, 11) is 0. The second kappa shape index (κ2) is 6.87. The van der Waals surface area contributed by atoms with Gasteiger partial charge in [0.15, 0.2) is 0 Å². The molecule has 6 heteroatoms. The van der Waals surface area contributed by atoms with Gasteiger partial charge < -0.3 is 9.55 Å². The van der Waals surface area contributed by atoms with Gasteiger partial charge in [0, 0.05) is 21.8 Å². The number of pyridine rings is 1. The first-order valence-corrected chi connectivity index (χ1v) is 9.29. The van der Waals surface area contributed by atoms with Gasteiger partial charge in [0.25, 0.3) is 5.56 Å². The Kier molecular flexibility index (Phi) is 4.54. The molecule has 0 amide bonds. The van der Waals surface area contributed by atoms with Crippen LogP contribution in [0, 0.1) is 13.8 Å². The van der Waals surface area contributed by atoms with Gasteiger partial charge in [-0.2, -0.15) is 0 Å². The Balaban J connectivity index is 2.02. The zero-order valence-electron chi connectivity index (χ0n) is 14.9. The summed E-state index contributed by atoms with van der Waals surface area (Å²) < 4.78 is 2.00. The fourth-order valence-electron chi connectivity index (χ4n) is 3.18. The summed E-state index contributed by atoms with van der Waals surface area (Å²) in [4.78, 5) is 19.9. The van der Waals surface area contributed by atoms with Crippen LogP contribution in [0.3, 0.4) is 0 Å². The molecule has 0 unspecified atom stereocenters. The number of fused-ring (bicyclic) bond motifs is 1. The Morgan fingerprint density at radius 2 is 1.74 bits per heavy atom. The van der Waals surface area contributed by atoms with E-state index in [1.54, 1.807) is 18.3 Å². The molecule has 0 radical (unpaired) electrons. The zero-order valence-corrected chi connectivity index (χ0v) is 16.4. The summed E-state index contributed by atoms with van der Waals surface area (Å²) in [5, 5.41) is 1.17. The Hall–Kier alpha value is -2.56. The van der Waals surface area contributed by atoms with Crippen LogP contribution in [0.2, 0.25) is 10.0 Å². The van der Waals surface area contributed by atoms with Crippen LogP contribution in [0.15, 0.2) is 53.5 Å². The predicted octanol–water partition coefficient (Wildman–Crippen LogP) is 5.36. The van der Waals surface area contributed by atoms with Gasteiger partial charge in [0.2, 0.25) is 0 Å². The van der Waals surface area contributed by atoms with Crippen molar-refractivity contribution in [2.45, 2.75) is 20.4 Å². The molecule has 4 nitrogen and oxygen atoms in total. The van der Waals surface area contributed by atoms with Crippen LogP contribution in [-0.4, -0.2) is 14.5 Å². The number of aromatic amines is 1. The molecule has 0 fully saturated rings. The fourth-order valence-corrected chi connectivity index (χ4v) is 3.70. The molecule has 27 heavy (non-hydrogen) atoms. The minimum Gasteiger partial charge on any atom is -0.328 e. The normalized spacial score (nSPS) is 11.3. The summed E-state index contributed by atoms with van der Waals surface area (Å²) >= 11 is 12.8. The van der Waals surface area contributed by atoms with E-state index in [0.717, 1.165) is 27.7 Å². The van der Waals surface area contributed by atoms with E-state index in [4.69, 9.17) is 28.2 Å². The van der Waals surface area contributed by atoms with Crippen molar-refractivity contribution in [3.05, 3.63) is 85.8 Å². The molecule has 2 aromatic heterocycles. The molecule has 2 heterocycles. The highest BCUT2D eigenvalue weighted by molar-refractivity contribution is 6.36. The number of benzene rings is 2. The molecule has 0 aliphatic rings. The molecule has 0 aliphatic heterocycles. The minimum atomic E-state index is -0.187. The first-order chi connectivity index (χ1) is 13.0. The van der Waals surface area contributed by atoms with E-state index in [9.17, 15) is 4.79 Å². The van der Waals surface area contributed by atoms with Gasteiger partial charge in [-0.15, -0.1) is 0 Å². The molecular weight excluding hydrogens is 381 g/mol. The van der Waals surface area contributed by atoms with Crippen molar-refractivity contribution in [3.63, 3.8) is 0 Å². The maximum absolute atomic E-state index is 12.4. The van der Waals surface area contributed by atoms with Crippen LogP contribution in [0.4, 0.5) is 0 Å². The molecule has 1 N–H and O–H groups in total. The third kappa shape index (κ3) is 3.15. The lowest BCUT2D eigenvalue weighted by Gasteiger charge is -2.12. The van der Waals surface area contributed by atoms with E-state index in [0.29, 0.717) is 28.0 Å². The van der Waals surface area contributed by atoms with Gasteiger partial charge in [-0.3, -0.25) is 4.79 Å². The number of rotatable bonds is 3. The number of imidazole rings is 1. The molecule has 0 bridgehead atoms. The number of aryl methyl sites for hydroxylation is 2. The van der Waals surface area contributed by atoms with Gasteiger partial charge in [-0.1, -0.05) is 29.3 Å². The monoisotopic (exact) mass is 397 g/mol. The molecule has 136 valence electrons. The number of halogens is 2. The van der Waals surface area contributed by atoms with E-state index < -0.39 is 0 Å². The smallest absolute Gasteiger partial charge is 0.258 e. The molecule has 0 saturated heterocycles. The Labute approximate surface area is 166 Å². The first kappa shape index (κ1) is 17.8. The van der Waals surface area contributed by atoms with Crippen LogP contribution in [-0.2, 0) is 6.54 Å². The van der Waals surface area contributed by atoms with Gasteiger partial charge >= 0.3 is 0 Å². The van der Waals surface area contributed by atoms with Crippen molar-refractivity contribution in [1.29, 1.82) is 0 Å². The lowest BCUT2D eigenvalue weighted by atomic mass is 10.1. The topological polar surface area (TPSA) is 50.7 Å². The highest BCUT2D eigenvalue weighted by Crippen LogP contribution is 2.30. The summed E-state index contributed by atoms with van der Waals surface area (Å²) in [6.45, 7) is 4.53. The van der Waals surface area contributed by atoms with Crippen LogP contribution in [0.25, 0.3) is 22.4 Å². The first-order valence-electron chi connectivity index (χ1n) is 8.54. The lowest BCUT2D eigenvalue weighted by Crippen LogP contribution is -2.12. The molecule has 0 aliphatic carbocycles. The third-order valence-electron chi connectivity index (χ3n) is 4.80. The van der Waals surface area contributed by atoms with Crippen molar-refractivity contribution in [2.75, 3.05) is 0 Å². The number of aromatic nitrogens is 3. The van der Waals surface area contributed by atoms with Crippen molar-refractivity contribution in [3.8, 4) is 11.4 Å². The van der Waals surface area contributed by atoms with Gasteiger partial charge in [-0.05, 0) is 61.4 Å². The minimum absolute atomic E-state index is 0.187. The van der Waals surface area contributed by atoms with Crippen molar-refractivity contribution in [1.82, 2.24) is 14.5 Å². The highest BCUT2D eigenvalue weighted by atomic mass is 35.5. The Morgan fingerprint density at radius 3 is 2.44 bits per heavy atom. The largest absolute Gasteiger partial charge is 0.328 e. The van der Waals surface area contributed by atoms with Gasteiger partial charge in [0.1, 0.15) is 5.82 Å². The standard InChI is InChI=1S/C21H17Cl2N3O/c1-12-9-18-19(10-13(12)2)26(11-15-16(22)6-3-7-17(15)23)20(25-18)14-5-4-8-24-21(14)27/h3-10H,11H2,1-2H3,(H,24,27). The van der Waals surface area contributed by atoms with E-state index in [-0.39, 0.29) is 5.56 Å². The number of nitrogens with zero attached hydrogens (tertiary/aromatic N) is 2. The average molecular weight is 398 g/mol. The van der Waals surface area contributed by atoms with Gasteiger partial charge in [-0.25, -0.2) is 4.98 Å². The average Bonchev–Trinajstić information content (AvgIpc) is 2.96. The molecule has 2 aromatic carbocycles. The van der Waals surface area contributed by atoms with Gasteiger partial charge in [0.05, 0.1) is 23.1 Å². The Morgan fingerprint density at radius 1 is 1.04 bits per heavy atom. The van der Waals surface area contributed by atoms with Crippen molar-refractivity contribution < 1.29 is 0 Å².